The highest BCUT2D eigenvalue weighted by Crippen LogP contribution is 2.36. The summed E-state index contributed by atoms with van der Waals surface area (Å²) in [5.41, 5.74) is 4.79. The van der Waals surface area contributed by atoms with Crippen molar-refractivity contribution < 1.29 is 5.11 Å². The summed E-state index contributed by atoms with van der Waals surface area (Å²) in [5.74, 6) is 0.218. The van der Waals surface area contributed by atoms with Gasteiger partial charge in [-0.2, -0.15) is 5.10 Å². The number of aryl methyl sites for hydroxylation is 2. The van der Waals surface area contributed by atoms with Gasteiger partial charge in [0.05, 0.1) is 23.1 Å². The Morgan fingerprint density at radius 2 is 1.93 bits per heavy atom. The van der Waals surface area contributed by atoms with E-state index in [1.165, 1.54) is 0 Å². The lowest BCUT2D eigenvalue weighted by atomic mass is 10.0. The first kappa shape index (κ1) is 16.9. The van der Waals surface area contributed by atoms with Crippen LogP contribution < -0.4 is 10.2 Å². The van der Waals surface area contributed by atoms with Gasteiger partial charge in [-0.3, -0.25) is 4.68 Å². The highest BCUT2D eigenvalue weighted by atomic mass is 16.3. The van der Waals surface area contributed by atoms with Gasteiger partial charge in [-0.25, -0.2) is 9.97 Å². The Kier molecular flexibility index (Phi) is 3.91. The van der Waals surface area contributed by atoms with Crippen LogP contribution >= 0.6 is 0 Å². The van der Waals surface area contributed by atoms with Gasteiger partial charge in [0.1, 0.15) is 5.75 Å². The smallest absolute Gasteiger partial charge is 0.159 e. The summed E-state index contributed by atoms with van der Waals surface area (Å²) in [7, 11) is 1.88. The van der Waals surface area contributed by atoms with Crippen molar-refractivity contribution >= 4 is 27.6 Å². The maximum absolute atomic E-state index is 10.7. The van der Waals surface area contributed by atoms with Crippen LogP contribution in [-0.4, -0.2) is 51.0 Å². The average molecular weight is 374 g/mol. The Bertz CT molecular complexity index is 1190. The minimum absolute atomic E-state index is 0.218. The Labute approximate surface area is 162 Å². The number of nitrogens with zero attached hydrogens (tertiary/aromatic N) is 5. The van der Waals surface area contributed by atoms with Crippen LogP contribution in [0.5, 0.6) is 5.75 Å². The zero-order valence-corrected chi connectivity index (χ0v) is 16.0. The van der Waals surface area contributed by atoms with Gasteiger partial charge in [-0.15, -0.1) is 0 Å². The molecule has 2 N–H and O–H groups in total. The molecule has 0 bridgehead atoms. The van der Waals surface area contributed by atoms with Crippen LogP contribution in [0.1, 0.15) is 5.56 Å². The van der Waals surface area contributed by atoms with E-state index in [0.29, 0.717) is 16.9 Å². The van der Waals surface area contributed by atoms with Crippen molar-refractivity contribution in [1.29, 1.82) is 0 Å². The van der Waals surface area contributed by atoms with Crippen LogP contribution in [0.4, 0.5) is 5.69 Å². The number of benzene rings is 1. The van der Waals surface area contributed by atoms with E-state index in [1.807, 2.05) is 44.6 Å². The number of aromatic hydroxyl groups is 1. The molecule has 1 aliphatic heterocycles. The molecule has 1 saturated heterocycles. The largest absolute Gasteiger partial charge is 0.507 e. The number of anilines is 1. The molecule has 4 aromatic rings. The van der Waals surface area contributed by atoms with E-state index in [1.54, 1.807) is 4.68 Å². The number of phenolic OH excluding ortho intramolecular Hbond substituents is 1. The van der Waals surface area contributed by atoms with E-state index < -0.39 is 0 Å². The van der Waals surface area contributed by atoms with Crippen molar-refractivity contribution in [2.45, 2.75) is 6.92 Å². The first-order valence-corrected chi connectivity index (χ1v) is 9.49. The summed E-state index contributed by atoms with van der Waals surface area (Å²) in [6.07, 6.45) is 3.84. The Morgan fingerprint density at radius 3 is 2.75 bits per heavy atom. The van der Waals surface area contributed by atoms with E-state index >= 15 is 0 Å². The molecule has 4 heterocycles. The van der Waals surface area contributed by atoms with Crippen LogP contribution in [0.2, 0.25) is 0 Å². The first-order valence-electron chi connectivity index (χ1n) is 9.49. The van der Waals surface area contributed by atoms with E-state index in [4.69, 9.17) is 4.98 Å². The summed E-state index contributed by atoms with van der Waals surface area (Å²) < 4.78 is 1.76. The van der Waals surface area contributed by atoms with Crippen molar-refractivity contribution in [2.75, 3.05) is 31.1 Å². The normalized spacial score (nSPS) is 14.9. The molecule has 0 atom stereocenters. The molecule has 0 saturated carbocycles. The molecule has 0 unspecified atom stereocenters. The van der Waals surface area contributed by atoms with Crippen molar-refractivity contribution in [3.05, 3.63) is 42.2 Å². The minimum atomic E-state index is 0.218. The fraction of sp³-hybridized carbons (Fsp3) is 0.286. The van der Waals surface area contributed by atoms with Crippen LogP contribution in [0.15, 0.2) is 36.7 Å². The van der Waals surface area contributed by atoms with Crippen LogP contribution in [0.3, 0.4) is 0 Å². The van der Waals surface area contributed by atoms with Gasteiger partial charge in [-0.05, 0) is 31.2 Å². The summed E-state index contributed by atoms with van der Waals surface area (Å²) >= 11 is 0. The molecule has 1 aromatic carbocycles. The third kappa shape index (κ3) is 2.75. The number of aromatic nitrogens is 4. The number of fused-ring (bicyclic) bond motifs is 2. The summed E-state index contributed by atoms with van der Waals surface area (Å²) in [4.78, 5) is 11.6. The number of rotatable bonds is 2. The monoisotopic (exact) mass is 374 g/mol. The third-order valence-electron chi connectivity index (χ3n) is 5.41. The van der Waals surface area contributed by atoms with Crippen LogP contribution in [-0.2, 0) is 7.05 Å². The molecule has 5 rings (SSSR count). The molecule has 7 nitrogen and oxygen atoms in total. The van der Waals surface area contributed by atoms with E-state index in [-0.39, 0.29) is 5.75 Å². The lowest BCUT2D eigenvalue weighted by Crippen LogP contribution is -2.43. The highest BCUT2D eigenvalue weighted by Gasteiger charge is 2.16. The van der Waals surface area contributed by atoms with Crippen LogP contribution in [0.25, 0.3) is 33.2 Å². The average Bonchev–Trinajstić information content (AvgIpc) is 3.11. The predicted octanol–water partition coefficient (Wildman–Crippen LogP) is 2.61. The van der Waals surface area contributed by atoms with Crippen molar-refractivity contribution in [1.82, 2.24) is 25.1 Å². The maximum Gasteiger partial charge on any atom is 0.159 e. The number of nitrogens with one attached hydrogen (secondary N) is 1. The van der Waals surface area contributed by atoms with Gasteiger partial charge < -0.3 is 15.3 Å². The molecule has 28 heavy (non-hydrogen) atoms. The number of piperazine rings is 1. The van der Waals surface area contributed by atoms with Crippen molar-refractivity contribution in [3.63, 3.8) is 0 Å². The highest BCUT2D eigenvalue weighted by molar-refractivity contribution is 5.91. The summed E-state index contributed by atoms with van der Waals surface area (Å²) in [5, 5.41) is 20.5. The second kappa shape index (κ2) is 6.45. The molecule has 142 valence electrons. The molecule has 0 aliphatic carbocycles. The second-order valence-electron chi connectivity index (χ2n) is 7.31. The van der Waals surface area contributed by atoms with Gasteiger partial charge in [0.15, 0.2) is 5.65 Å². The Morgan fingerprint density at radius 1 is 1.11 bits per heavy atom. The molecule has 1 fully saturated rings. The predicted molar refractivity (Wildman–Crippen MR) is 111 cm³/mol. The molecule has 0 amide bonds. The molecule has 7 heteroatoms. The van der Waals surface area contributed by atoms with Gasteiger partial charge >= 0.3 is 0 Å². The summed E-state index contributed by atoms with van der Waals surface area (Å²) in [6, 6.07) is 8.05. The third-order valence-corrected chi connectivity index (χ3v) is 5.41. The van der Waals surface area contributed by atoms with E-state index in [9.17, 15) is 5.11 Å². The molecule has 1 aliphatic rings. The number of phenols is 1. The second-order valence-corrected chi connectivity index (χ2v) is 7.31. The lowest BCUT2D eigenvalue weighted by Gasteiger charge is -2.29. The van der Waals surface area contributed by atoms with Gasteiger partial charge in [0.25, 0.3) is 0 Å². The summed E-state index contributed by atoms with van der Waals surface area (Å²) in [6.45, 7) is 5.83. The number of hydrogen-bond donors (Lipinski definition) is 2. The fourth-order valence-corrected chi connectivity index (χ4v) is 3.88. The standard InChI is InChI=1S/C21H22N6O/c1-13-19-15(12-26(2)25-19)10-17(20(13)28)18-4-3-14-9-16(11-23-21(14)24-18)27-7-5-22-6-8-27/h3-4,9-12,22,28H,5-8H2,1-2H3. The fourth-order valence-electron chi connectivity index (χ4n) is 3.88. The molecular formula is C21H22N6O. The van der Waals surface area contributed by atoms with Crippen LogP contribution in [0, 0.1) is 6.92 Å². The molecule has 3 aromatic heterocycles. The van der Waals surface area contributed by atoms with Crippen molar-refractivity contribution in [3.8, 4) is 17.0 Å². The quantitative estimate of drug-likeness (QED) is 0.562. The first-order chi connectivity index (χ1) is 13.6. The molecule has 0 spiro atoms. The van der Waals surface area contributed by atoms with E-state index in [2.05, 4.69) is 26.4 Å². The molecular weight excluding hydrogens is 352 g/mol. The number of hydrogen-bond acceptors (Lipinski definition) is 6. The molecule has 0 radical (unpaired) electrons. The zero-order chi connectivity index (χ0) is 19.3. The Hall–Kier alpha value is -3.19. The maximum atomic E-state index is 10.7. The van der Waals surface area contributed by atoms with Gasteiger partial charge in [0, 0.05) is 61.3 Å². The SMILES string of the molecule is Cc1c(O)c(-c2ccc3cc(N4CCNCC4)cnc3n2)cc2cn(C)nc12. The topological polar surface area (TPSA) is 79.1 Å². The van der Waals surface area contributed by atoms with Gasteiger partial charge in [-0.1, -0.05) is 0 Å². The zero-order valence-electron chi connectivity index (χ0n) is 16.0. The minimum Gasteiger partial charge on any atom is -0.507 e. The van der Waals surface area contributed by atoms with E-state index in [0.717, 1.165) is 53.7 Å². The Balaban J connectivity index is 1.58. The van der Waals surface area contributed by atoms with Gasteiger partial charge in [0.2, 0.25) is 0 Å². The number of pyridine rings is 2. The van der Waals surface area contributed by atoms with Crippen molar-refractivity contribution in [2.24, 2.45) is 7.05 Å². The lowest BCUT2D eigenvalue weighted by molar-refractivity contribution is 0.474.